The average Bonchev–Trinajstić information content (AvgIpc) is 2.68. The van der Waals surface area contributed by atoms with Gasteiger partial charge in [-0.05, 0) is 42.2 Å². The number of benzene rings is 3. The van der Waals surface area contributed by atoms with Gasteiger partial charge in [0.15, 0.2) is 23.2 Å². The van der Waals surface area contributed by atoms with E-state index in [1.165, 1.54) is 18.2 Å². The zero-order valence-corrected chi connectivity index (χ0v) is 15.0. The van der Waals surface area contributed by atoms with Gasteiger partial charge in [0.05, 0.1) is 6.61 Å². The number of rotatable bonds is 5. The fourth-order valence-electron chi connectivity index (χ4n) is 2.94. The molecule has 0 N–H and O–H groups in total. The highest BCUT2D eigenvalue weighted by molar-refractivity contribution is 5.71. The summed E-state index contributed by atoms with van der Waals surface area (Å²) in [4.78, 5) is 0. The van der Waals surface area contributed by atoms with E-state index in [1.54, 1.807) is 44.2 Å². The molecule has 0 saturated heterocycles. The summed E-state index contributed by atoms with van der Waals surface area (Å²) in [6.07, 6.45) is 0.393. The molecule has 140 valence electrons. The molecule has 3 aromatic carbocycles. The van der Waals surface area contributed by atoms with Gasteiger partial charge in [0.25, 0.3) is 0 Å². The monoisotopic (exact) mass is 374 g/mol. The molecule has 0 aliphatic heterocycles. The summed E-state index contributed by atoms with van der Waals surface area (Å²) in [7, 11) is 0. The molecule has 0 radical (unpaired) electrons. The summed E-state index contributed by atoms with van der Waals surface area (Å²) in [6, 6.07) is 12.0. The molecular weight excluding hydrogens is 356 g/mol. The van der Waals surface area contributed by atoms with Crippen molar-refractivity contribution in [2.75, 3.05) is 6.61 Å². The third kappa shape index (κ3) is 3.54. The van der Waals surface area contributed by atoms with E-state index in [1.807, 2.05) is 0 Å². The van der Waals surface area contributed by atoms with Crippen LogP contribution >= 0.6 is 0 Å². The molecule has 1 nitrogen and oxygen atoms in total. The second-order valence-corrected chi connectivity index (χ2v) is 6.00. The minimum Gasteiger partial charge on any atom is -0.491 e. The predicted octanol–water partition coefficient (Wildman–Crippen LogP) is 6.54. The summed E-state index contributed by atoms with van der Waals surface area (Å²) >= 11 is 0. The Labute approximate surface area is 155 Å². The second kappa shape index (κ2) is 7.82. The van der Waals surface area contributed by atoms with Crippen LogP contribution in [0, 0.1) is 23.3 Å². The Morgan fingerprint density at radius 2 is 1.15 bits per heavy atom. The zero-order chi connectivity index (χ0) is 19.6. The molecular formula is C22H18F4O. The van der Waals surface area contributed by atoms with Gasteiger partial charge in [-0.2, -0.15) is 4.39 Å². The van der Waals surface area contributed by atoms with E-state index in [4.69, 9.17) is 4.74 Å². The lowest BCUT2D eigenvalue weighted by atomic mass is 9.98. The van der Waals surface area contributed by atoms with Crippen LogP contribution in [0.4, 0.5) is 17.6 Å². The maximum Gasteiger partial charge on any atom is 0.201 e. The molecule has 5 heteroatoms. The number of aryl methyl sites for hydroxylation is 1. The van der Waals surface area contributed by atoms with Gasteiger partial charge in [-0.25, -0.2) is 13.2 Å². The summed E-state index contributed by atoms with van der Waals surface area (Å²) in [5.41, 5.74) is 1.36. The Kier molecular flexibility index (Phi) is 5.49. The third-order valence-electron chi connectivity index (χ3n) is 4.40. The van der Waals surface area contributed by atoms with Crippen LogP contribution in [0.25, 0.3) is 22.3 Å². The van der Waals surface area contributed by atoms with Crippen molar-refractivity contribution in [2.24, 2.45) is 0 Å². The highest BCUT2D eigenvalue weighted by Gasteiger charge is 2.17. The maximum atomic E-state index is 14.3. The topological polar surface area (TPSA) is 9.23 Å². The Balaban J connectivity index is 1.97. The zero-order valence-electron chi connectivity index (χ0n) is 15.0. The lowest BCUT2D eigenvalue weighted by Gasteiger charge is -2.11. The van der Waals surface area contributed by atoms with E-state index in [9.17, 15) is 17.6 Å². The van der Waals surface area contributed by atoms with E-state index in [-0.39, 0.29) is 23.5 Å². The van der Waals surface area contributed by atoms with Crippen molar-refractivity contribution in [1.82, 2.24) is 0 Å². The van der Waals surface area contributed by atoms with Gasteiger partial charge in [0.2, 0.25) is 5.82 Å². The minimum atomic E-state index is -1.05. The summed E-state index contributed by atoms with van der Waals surface area (Å²) in [5.74, 6) is -4.00. The van der Waals surface area contributed by atoms with Crippen LogP contribution in [-0.2, 0) is 6.42 Å². The highest BCUT2D eigenvalue weighted by Crippen LogP contribution is 2.32. The molecule has 0 heterocycles. The van der Waals surface area contributed by atoms with Crippen molar-refractivity contribution in [2.45, 2.75) is 20.3 Å². The molecule has 0 amide bonds. The second-order valence-electron chi connectivity index (χ2n) is 6.00. The van der Waals surface area contributed by atoms with Crippen LogP contribution in [0.2, 0.25) is 0 Å². The first kappa shape index (κ1) is 19.0. The normalized spacial score (nSPS) is 10.9. The first-order chi connectivity index (χ1) is 13.0. The Bertz CT molecular complexity index is 965. The van der Waals surface area contributed by atoms with E-state index < -0.39 is 23.3 Å². The van der Waals surface area contributed by atoms with Crippen LogP contribution < -0.4 is 4.74 Å². The number of ether oxygens (including phenoxy) is 1. The Morgan fingerprint density at radius 1 is 0.630 bits per heavy atom. The fourth-order valence-corrected chi connectivity index (χ4v) is 2.94. The standard InChI is InChI=1S/C22H18F4O/c1-3-13-9-10-16(20(24)19(13)23)14-5-7-15(8-6-14)17-11-12-18(27-4-2)22(26)21(17)25/h5-12H,3-4H2,1-2H3. The SMILES string of the molecule is CCOc1ccc(-c2ccc(-c3ccc(CC)c(F)c3F)cc2)c(F)c1F. The number of hydrogen-bond donors (Lipinski definition) is 0. The Morgan fingerprint density at radius 3 is 1.67 bits per heavy atom. The van der Waals surface area contributed by atoms with Crippen molar-refractivity contribution in [3.8, 4) is 28.0 Å². The molecule has 0 aliphatic rings. The van der Waals surface area contributed by atoms with Crippen molar-refractivity contribution in [3.63, 3.8) is 0 Å². The molecule has 27 heavy (non-hydrogen) atoms. The molecule has 0 bridgehead atoms. The molecule has 0 unspecified atom stereocenters. The van der Waals surface area contributed by atoms with Crippen molar-refractivity contribution in [3.05, 3.63) is 77.4 Å². The quantitative estimate of drug-likeness (QED) is 0.461. The van der Waals surface area contributed by atoms with E-state index >= 15 is 0 Å². The predicted molar refractivity (Wildman–Crippen MR) is 97.7 cm³/mol. The molecule has 3 aromatic rings. The lowest BCUT2D eigenvalue weighted by Crippen LogP contribution is -1.98. The van der Waals surface area contributed by atoms with Crippen LogP contribution in [0.15, 0.2) is 48.5 Å². The first-order valence-corrected chi connectivity index (χ1v) is 8.66. The molecule has 0 atom stereocenters. The largest absolute Gasteiger partial charge is 0.491 e. The van der Waals surface area contributed by atoms with Crippen LogP contribution in [0.1, 0.15) is 19.4 Å². The summed E-state index contributed by atoms with van der Waals surface area (Å²) in [6.45, 7) is 3.65. The van der Waals surface area contributed by atoms with E-state index in [0.29, 0.717) is 23.1 Å². The minimum absolute atomic E-state index is 0.0653. The van der Waals surface area contributed by atoms with Gasteiger partial charge in [0, 0.05) is 11.1 Å². The molecule has 3 rings (SSSR count). The van der Waals surface area contributed by atoms with Gasteiger partial charge in [-0.15, -0.1) is 0 Å². The first-order valence-electron chi connectivity index (χ1n) is 8.66. The van der Waals surface area contributed by atoms with E-state index in [2.05, 4.69) is 0 Å². The third-order valence-corrected chi connectivity index (χ3v) is 4.40. The Hall–Kier alpha value is -2.82. The van der Waals surface area contributed by atoms with Crippen molar-refractivity contribution >= 4 is 0 Å². The van der Waals surface area contributed by atoms with Gasteiger partial charge >= 0.3 is 0 Å². The number of hydrogen-bond acceptors (Lipinski definition) is 1. The number of halogens is 4. The highest BCUT2D eigenvalue weighted by atomic mass is 19.2. The van der Waals surface area contributed by atoms with Gasteiger partial charge in [-0.3, -0.25) is 0 Å². The van der Waals surface area contributed by atoms with E-state index in [0.717, 1.165) is 0 Å². The lowest BCUT2D eigenvalue weighted by molar-refractivity contribution is 0.314. The van der Waals surface area contributed by atoms with Gasteiger partial charge in [-0.1, -0.05) is 43.3 Å². The smallest absolute Gasteiger partial charge is 0.201 e. The molecule has 0 aliphatic carbocycles. The fraction of sp³-hybridized carbons (Fsp3) is 0.182. The van der Waals surface area contributed by atoms with Crippen LogP contribution in [-0.4, -0.2) is 6.61 Å². The molecule has 0 spiro atoms. The van der Waals surface area contributed by atoms with Crippen molar-refractivity contribution < 1.29 is 22.3 Å². The molecule has 0 fully saturated rings. The average molecular weight is 374 g/mol. The van der Waals surface area contributed by atoms with Crippen molar-refractivity contribution in [1.29, 1.82) is 0 Å². The van der Waals surface area contributed by atoms with Crippen LogP contribution in [0.5, 0.6) is 5.75 Å². The summed E-state index contributed by atoms with van der Waals surface area (Å²) < 4.78 is 61.7. The summed E-state index contributed by atoms with van der Waals surface area (Å²) in [5, 5.41) is 0. The van der Waals surface area contributed by atoms with Crippen LogP contribution in [0.3, 0.4) is 0 Å². The van der Waals surface area contributed by atoms with Gasteiger partial charge < -0.3 is 4.74 Å². The maximum absolute atomic E-state index is 14.3. The van der Waals surface area contributed by atoms with Gasteiger partial charge in [0.1, 0.15) is 0 Å². The molecule has 0 aromatic heterocycles. The molecule has 0 saturated carbocycles.